The predicted octanol–water partition coefficient (Wildman–Crippen LogP) is 3.75. The maximum Gasteiger partial charge on any atom is 0.324 e. The zero-order valence-electron chi connectivity index (χ0n) is 14.4. The molecule has 1 aliphatic heterocycles. The highest BCUT2D eigenvalue weighted by molar-refractivity contribution is 7.17. The zero-order valence-corrected chi connectivity index (χ0v) is 15.3. The molecule has 0 N–H and O–H groups in total. The van der Waals surface area contributed by atoms with E-state index < -0.39 is 11.2 Å². The molecule has 3 aromatic rings. The lowest BCUT2D eigenvalue weighted by Gasteiger charge is -2.21. The number of rotatable bonds is 3. The van der Waals surface area contributed by atoms with E-state index in [0.29, 0.717) is 4.88 Å². The number of carbonyl (C=O) groups excluding carboxylic acids is 1. The second kappa shape index (κ2) is 6.44. The topological polar surface area (TPSA) is 97.9 Å². The molecule has 0 saturated heterocycles. The van der Waals surface area contributed by atoms with Crippen molar-refractivity contribution in [2.45, 2.75) is 20.1 Å². The van der Waals surface area contributed by atoms with Crippen molar-refractivity contribution in [3.8, 4) is 0 Å². The van der Waals surface area contributed by atoms with E-state index >= 15 is 0 Å². The van der Waals surface area contributed by atoms with Gasteiger partial charge in [-0.2, -0.15) is 5.01 Å². The number of amides is 1. The summed E-state index contributed by atoms with van der Waals surface area (Å²) in [6, 6.07) is 12.4. The molecule has 0 bridgehead atoms. The predicted molar refractivity (Wildman–Crippen MR) is 100 cm³/mol. The molecule has 0 spiro atoms. The van der Waals surface area contributed by atoms with Crippen molar-refractivity contribution in [3.05, 3.63) is 68.7 Å². The van der Waals surface area contributed by atoms with Gasteiger partial charge in [-0.15, -0.1) is 5.10 Å². The second-order valence-corrected chi connectivity index (χ2v) is 7.07. The van der Waals surface area contributed by atoms with E-state index in [1.165, 1.54) is 18.0 Å². The number of fused-ring (bicyclic) bond motifs is 1. The van der Waals surface area contributed by atoms with Gasteiger partial charge in [-0.3, -0.25) is 19.9 Å². The van der Waals surface area contributed by atoms with Gasteiger partial charge >= 0.3 is 5.00 Å². The first-order chi connectivity index (χ1) is 12.9. The summed E-state index contributed by atoms with van der Waals surface area (Å²) in [5, 5.41) is 17.3. The number of hydrogen-bond acceptors (Lipinski definition) is 7. The number of hydrogen-bond donors (Lipinski definition) is 0. The maximum absolute atomic E-state index is 12.2. The van der Waals surface area contributed by atoms with Crippen LogP contribution in [-0.2, 0) is 9.53 Å². The summed E-state index contributed by atoms with van der Waals surface area (Å²) in [4.78, 5) is 27.6. The van der Waals surface area contributed by atoms with Gasteiger partial charge in [0, 0.05) is 29.6 Å². The third-order valence-corrected chi connectivity index (χ3v) is 5.12. The van der Waals surface area contributed by atoms with Crippen LogP contribution < -0.4 is 0 Å². The largest absolute Gasteiger partial charge is 0.445 e. The third-order valence-electron chi connectivity index (χ3n) is 4.09. The summed E-state index contributed by atoms with van der Waals surface area (Å²) in [5.74, 6) is -0.105. The minimum absolute atomic E-state index is 0.0145. The number of thiophene rings is 1. The van der Waals surface area contributed by atoms with Crippen LogP contribution in [0.1, 0.15) is 29.3 Å². The number of benzene rings is 1. The van der Waals surface area contributed by atoms with Crippen LogP contribution in [0.15, 0.2) is 47.6 Å². The Balaban J connectivity index is 1.78. The highest BCUT2D eigenvalue weighted by atomic mass is 32.1. The number of aryl methyl sites for hydroxylation is 1. The van der Waals surface area contributed by atoms with Crippen LogP contribution >= 0.6 is 11.3 Å². The van der Waals surface area contributed by atoms with Gasteiger partial charge in [-0.25, -0.2) is 0 Å². The molecule has 3 heterocycles. The van der Waals surface area contributed by atoms with E-state index in [1.54, 1.807) is 6.07 Å². The van der Waals surface area contributed by atoms with Crippen LogP contribution in [0.3, 0.4) is 0 Å². The van der Waals surface area contributed by atoms with Crippen molar-refractivity contribution in [2.75, 3.05) is 0 Å². The van der Waals surface area contributed by atoms with Gasteiger partial charge in [-0.05, 0) is 25.1 Å². The van der Waals surface area contributed by atoms with Crippen LogP contribution in [0.2, 0.25) is 0 Å². The number of carbonyl (C=O) groups is 1. The summed E-state index contributed by atoms with van der Waals surface area (Å²) in [5.41, 5.74) is 2.34. The standard InChI is InChI=1S/C18H14N4O4S/c1-10-9-13(12-5-3-4-6-14(12)19-10)18-21(11(2)23)20-17(26-18)15-7-8-16(27-15)22(24)25/h3-9,18H,1-2H3. The normalized spacial score (nSPS) is 16.3. The molecule has 136 valence electrons. The van der Waals surface area contributed by atoms with E-state index in [-0.39, 0.29) is 16.8 Å². The summed E-state index contributed by atoms with van der Waals surface area (Å²) < 4.78 is 5.98. The van der Waals surface area contributed by atoms with Gasteiger partial charge in [0.1, 0.15) is 0 Å². The van der Waals surface area contributed by atoms with Gasteiger partial charge in [0.05, 0.1) is 15.3 Å². The van der Waals surface area contributed by atoms with Crippen molar-refractivity contribution < 1.29 is 14.5 Å². The Morgan fingerprint density at radius 2 is 2.07 bits per heavy atom. The Bertz CT molecular complexity index is 1110. The Kier molecular flexibility index (Phi) is 4.08. The quantitative estimate of drug-likeness (QED) is 0.507. The zero-order chi connectivity index (χ0) is 19.1. The van der Waals surface area contributed by atoms with Crippen molar-refractivity contribution in [1.29, 1.82) is 0 Å². The highest BCUT2D eigenvalue weighted by Gasteiger charge is 2.35. The Morgan fingerprint density at radius 3 is 2.78 bits per heavy atom. The monoisotopic (exact) mass is 382 g/mol. The molecule has 27 heavy (non-hydrogen) atoms. The molecule has 4 rings (SSSR count). The van der Waals surface area contributed by atoms with Crippen LogP contribution in [0.4, 0.5) is 5.00 Å². The average molecular weight is 382 g/mol. The molecule has 1 unspecified atom stereocenters. The van der Waals surface area contributed by atoms with Crippen molar-refractivity contribution >= 4 is 39.0 Å². The molecule has 1 aromatic carbocycles. The minimum Gasteiger partial charge on any atom is -0.445 e. The van der Waals surface area contributed by atoms with Gasteiger partial charge in [0.25, 0.3) is 5.90 Å². The maximum atomic E-state index is 12.2. The SMILES string of the molecule is CC(=O)N1N=C(c2ccc([N+](=O)[O-])s2)OC1c1cc(C)nc2ccccc12. The summed E-state index contributed by atoms with van der Waals surface area (Å²) in [7, 11) is 0. The lowest BCUT2D eigenvalue weighted by molar-refractivity contribution is -0.380. The molecule has 0 fully saturated rings. The molecule has 0 radical (unpaired) electrons. The van der Waals surface area contributed by atoms with E-state index in [9.17, 15) is 14.9 Å². The number of hydrazone groups is 1. The summed E-state index contributed by atoms with van der Waals surface area (Å²) in [6.45, 7) is 3.27. The number of para-hydroxylation sites is 1. The fourth-order valence-electron chi connectivity index (χ4n) is 2.95. The average Bonchev–Trinajstić information content (AvgIpc) is 3.28. The van der Waals surface area contributed by atoms with Crippen molar-refractivity contribution in [2.24, 2.45) is 5.10 Å². The fourth-order valence-corrected chi connectivity index (χ4v) is 3.70. The lowest BCUT2D eigenvalue weighted by atomic mass is 10.1. The van der Waals surface area contributed by atoms with E-state index in [0.717, 1.165) is 33.5 Å². The molecule has 1 aliphatic rings. The minimum atomic E-state index is -0.759. The Labute approximate surface area is 157 Å². The molecule has 0 saturated carbocycles. The first-order valence-corrected chi connectivity index (χ1v) is 8.91. The molecule has 0 aliphatic carbocycles. The van der Waals surface area contributed by atoms with Crippen LogP contribution in [0, 0.1) is 17.0 Å². The number of nitrogens with zero attached hydrogens (tertiary/aromatic N) is 4. The highest BCUT2D eigenvalue weighted by Crippen LogP contribution is 2.36. The fraction of sp³-hybridized carbons (Fsp3) is 0.167. The molecule has 2 aromatic heterocycles. The van der Waals surface area contributed by atoms with Crippen molar-refractivity contribution in [3.63, 3.8) is 0 Å². The van der Waals surface area contributed by atoms with Gasteiger partial charge in [0.2, 0.25) is 12.1 Å². The molecular weight excluding hydrogens is 368 g/mol. The number of ether oxygens (including phenoxy) is 1. The second-order valence-electron chi connectivity index (χ2n) is 6.00. The molecule has 9 heteroatoms. The van der Waals surface area contributed by atoms with E-state index in [2.05, 4.69) is 10.1 Å². The first kappa shape index (κ1) is 17.1. The van der Waals surface area contributed by atoms with Crippen LogP contribution in [-0.4, -0.2) is 26.7 Å². The number of aromatic nitrogens is 1. The van der Waals surface area contributed by atoms with Gasteiger partial charge in [-0.1, -0.05) is 29.5 Å². The van der Waals surface area contributed by atoms with E-state index in [1.807, 2.05) is 37.3 Å². The smallest absolute Gasteiger partial charge is 0.324 e. The Hall–Kier alpha value is -3.33. The van der Waals surface area contributed by atoms with Crippen molar-refractivity contribution in [1.82, 2.24) is 9.99 Å². The van der Waals surface area contributed by atoms with Gasteiger partial charge < -0.3 is 4.74 Å². The Morgan fingerprint density at radius 1 is 1.30 bits per heavy atom. The summed E-state index contributed by atoms with van der Waals surface area (Å²) in [6.07, 6.45) is -0.759. The number of nitro groups is 1. The third kappa shape index (κ3) is 3.02. The molecular formula is C18H14N4O4S. The van der Waals surface area contributed by atoms with E-state index in [4.69, 9.17) is 4.74 Å². The van der Waals surface area contributed by atoms with Gasteiger partial charge in [0.15, 0.2) is 0 Å². The van der Waals surface area contributed by atoms with Crippen LogP contribution in [0.25, 0.3) is 10.9 Å². The molecule has 8 nitrogen and oxygen atoms in total. The van der Waals surface area contributed by atoms with Crippen LogP contribution in [0.5, 0.6) is 0 Å². The summed E-state index contributed by atoms with van der Waals surface area (Å²) >= 11 is 0.951. The number of pyridine rings is 1. The first-order valence-electron chi connectivity index (χ1n) is 8.10. The molecule has 1 amide bonds. The molecule has 1 atom stereocenters. The lowest BCUT2D eigenvalue weighted by Crippen LogP contribution is -2.25.